The molecule has 0 saturated heterocycles. The average molecular weight is 509 g/mol. The van der Waals surface area contributed by atoms with Crippen molar-refractivity contribution in [3.63, 3.8) is 0 Å². The van der Waals surface area contributed by atoms with Crippen molar-refractivity contribution in [2.75, 3.05) is 6.61 Å². The third kappa shape index (κ3) is 9.52. The monoisotopic (exact) mass is 508 g/mol. The standard InChI is InChI=1S/C28H52O4Si2/c1-13-15-24(29)20-22(2)30-19-14-16-23-17-18-25(31-33(9,10)27(3,4)5)26(21-23)32-34(11,12)28(6,7)8/h13,17-18,21-22,24,29H,1,14-16,19-20H2,2-12H3/t22-,24+/m1/s1. The van der Waals surface area contributed by atoms with Crippen molar-refractivity contribution in [2.24, 2.45) is 0 Å². The Morgan fingerprint density at radius 2 is 1.47 bits per heavy atom. The molecule has 0 aromatic heterocycles. The van der Waals surface area contributed by atoms with Gasteiger partial charge in [-0.3, -0.25) is 0 Å². The van der Waals surface area contributed by atoms with Crippen LogP contribution in [0.3, 0.4) is 0 Å². The largest absolute Gasteiger partial charge is 0.541 e. The van der Waals surface area contributed by atoms with E-state index in [-0.39, 0.29) is 22.3 Å². The molecule has 4 nitrogen and oxygen atoms in total. The van der Waals surface area contributed by atoms with Crippen molar-refractivity contribution >= 4 is 16.6 Å². The van der Waals surface area contributed by atoms with Crippen molar-refractivity contribution in [1.29, 1.82) is 0 Å². The van der Waals surface area contributed by atoms with Crippen molar-refractivity contribution in [3.8, 4) is 11.5 Å². The zero-order valence-electron chi connectivity index (χ0n) is 23.9. The zero-order valence-corrected chi connectivity index (χ0v) is 25.9. The lowest BCUT2D eigenvalue weighted by Crippen LogP contribution is -2.45. The molecule has 0 spiro atoms. The van der Waals surface area contributed by atoms with Crippen LogP contribution in [0.15, 0.2) is 30.9 Å². The average Bonchev–Trinajstić information content (AvgIpc) is 2.65. The number of rotatable bonds is 13. The maximum Gasteiger partial charge on any atom is 0.250 e. The van der Waals surface area contributed by atoms with Crippen molar-refractivity contribution in [1.82, 2.24) is 0 Å². The number of hydrogen-bond donors (Lipinski definition) is 1. The van der Waals surface area contributed by atoms with E-state index >= 15 is 0 Å². The Morgan fingerprint density at radius 3 is 1.97 bits per heavy atom. The van der Waals surface area contributed by atoms with Crippen LogP contribution in [-0.4, -0.2) is 40.6 Å². The SMILES string of the molecule is C=CC[C@H](O)C[C@@H](C)OCCCc1ccc(O[Si](C)(C)C(C)(C)C)c(O[Si](C)(C)C(C)(C)C)c1. The first-order valence-electron chi connectivity index (χ1n) is 12.8. The Hall–Kier alpha value is -1.09. The first-order chi connectivity index (χ1) is 15.4. The number of aliphatic hydroxyl groups excluding tert-OH is 1. The summed E-state index contributed by atoms with van der Waals surface area (Å²) in [6, 6.07) is 6.45. The molecule has 1 aromatic carbocycles. The number of aliphatic hydroxyl groups is 1. The topological polar surface area (TPSA) is 47.9 Å². The second-order valence-corrected chi connectivity index (χ2v) is 22.2. The van der Waals surface area contributed by atoms with Gasteiger partial charge in [-0.2, -0.15) is 0 Å². The molecule has 0 radical (unpaired) electrons. The van der Waals surface area contributed by atoms with Gasteiger partial charge in [-0.25, -0.2) is 0 Å². The van der Waals surface area contributed by atoms with E-state index in [1.54, 1.807) is 6.08 Å². The van der Waals surface area contributed by atoms with Crippen LogP contribution in [0.2, 0.25) is 36.3 Å². The minimum absolute atomic E-state index is 0.0350. The molecule has 0 bridgehead atoms. The van der Waals surface area contributed by atoms with Crippen LogP contribution in [0.25, 0.3) is 0 Å². The van der Waals surface area contributed by atoms with E-state index in [4.69, 9.17) is 13.6 Å². The minimum Gasteiger partial charge on any atom is -0.541 e. The van der Waals surface area contributed by atoms with Gasteiger partial charge in [0.2, 0.25) is 0 Å². The van der Waals surface area contributed by atoms with Gasteiger partial charge in [-0.1, -0.05) is 53.7 Å². The number of benzene rings is 1. The van der Waals surface area contributed by atoms with Gasteiger partial charge >= 0.3 is 0 Å². The van der Waals surface area contributed by atoms with Crippen LogP contribution in [0.1, 0.15) is 73.3 Å². The van der Waals surface area contributed by atoms with Gasteiger partial charge in [-0.15, -0.1) is 6.58 Å². The van der Waals surface area contributed by atoms with Crippen molar-refractivity contribution < 1.29 is 18.7 Å². The molecule has 1 rings (SSSR count). The molecule has 0 aliphatic carbocycles. The highest BCUT2D eigenvalue weighted by Gasteiger charge is 2.42. The fraction of sp³-hybridized carbons (Fsp3) is 0.714. The molecule has 0 amide bonds. The molecule has 0 heterocycles. The molecule has 34 heavy (non-hydrogen) atoms. The third-order valence-corrected chi connectivity index (χ3v) is 16.1. The molecule has 2 atom stereocenters. The summed E-state index contributed by atoms with van der Waals surface area (Å²) in [5, 5.41) is 10.1. The van der Waals surface area contributed by atoms with E-state index in [0.29, 0.717) is 19.4 Å². The van der Waals surface area contributed by atoms with E-state index < -0.39 is 16.6 Å². The highest BCUT2D eigenvalue weighted by Crippen LogP contribution is 2.43. The fourth-order valence-electron chi connectivity index (χ4n) is 3.03. The summed E-state index contributed by atoms with van der Waals surface area (Å²) in [7, 11) is -4.01. The maximum atomic E-state index is 9.92. The lowest BCUT2D eigenvalue weighted by atomic mass is 10.1. The summed E-state index contributed by atoms with van der Waals surface area (Å²) in [5.74, 6) is 1.76. The van der Waals surface area contributed by atoms with Gasteiger partial charge in [0.05, 0.1) is 12.2 Å². The van der Waals surface area contributed by atoms with Gasteiger partial charge in [0, 0.05) is 6.61 Å². The lowest BCUT2D eigenvalue weighted by molar-refractivity contribution is 0.0244. The smallest absolute Gasteiger partial charge is 0.250 e. The number of aryl methyl sites for hydroxylation is 1. The summed E-state index contributed by atoms with van der Waals surface area (Å²) in [6.45, 7) is 29.1. The summed E-state index contributed by atoms with van der Waals surface area (Å²) in [6.07, 6.45) is 4.48. The molecule has 1 N–H and O–H groups in total. The van der Waals surface area contributed by atoms with Gasteiger partial charge < -0.3 is 18.7 Å². The Kier molecular flexibility index (Phi) is 11.1. The third-order valence-electron chi connectivity index (χ3n) is 7.41. The van der Waals surface area contributed by atoms with E-state index in [2.05, 4.69) is 92.5 Å². The minimum atomic E-state index is -2.02. The van der Waals surface area contributed by atoms with Crippen LogP contribution in [-0.2, 0) is 11.2 Å². The molecule has 0 unspecified atom stereocenters. The van der Waals surface area contributed by atoms with E-state index in [0.717, 1.165) is 24.3 Å². The van der Waals surface area contributed by atoms with Crippen LogP contribution >= 0.6 is 0 Å². The van der Waals surface area contributed by atoms with Crippen LogP contribution in [0.5, 0.6) is 11.5 Å². The van der Waals surface area contributed by atoms with Crippen molar-refractivity contribution in [3.05, 3.63) is 36.4 Å². The summed E-state index contributed by atoms with van der Waals surface area (Å²) >= 11 is 0. The zero-order chi connectivity index (χ0) is 26.4. The van der Waals surface area contributed by atoms with E-state index in [1.807, 2.05) is 6.92 Å². The van der Waals surface area contributed by atoms with Crippen LogP contribution in [0, 0.1) is 0 Å². The molecule has 196 valence electrons. The first-order valence-corrected chi connectivity index (χ1v) is 18.6. The molecular weight excluding hydrogens is 456 g/mol. The first kappa shape index (κ1) is 30.9. The van der Waals surface area contributed by atoms with Gasteiger partial charge in [-0.05, 0) is 86.6 Å². The predicted octanol–water partition coefficient (Wildman–Crippen LogP) is 8.12. The maximum absolute atomic E-state index is 9.92. The predicted molar refractivity (Wildman–Crippen MR) is 151 cm³/mol. The Morgan fingerprint density at radius 1 is 0.941 bits per heavy atom. The molecule has 0 fully saturated rings. The molecule has 0 aliphatic rings. The number of ether oxygens (including phenoxy) is 1. The quantitative estimate of drug-likeness (QED) is 0.166. The Balaban J connectivity index is 2.97. The van der Waals surface area contributed by atoms with E-state index in [1.165, 1.54) is 5.56 Å². The van der Waals surface area contributed by atoms with Gasteiger partial charge in [0.1, 0.15) is 11.5 Å². The van der Waals surface area contributed by atoms with Gasteiger partial charge in [0.15, 0.2) is 0 Å². The normalized spacial score (nSPS) is 15.1. The fourth-order valence-corrected chi connectivity index (χ4v) is 5.07. The second kappa shape index (κ2) is 12.2. The van der Waals surface area contributed by atoms with E-state index in [9.17, 15) is 5.11 Å². The van der Waals surface area contributed by atoms with Gasteiger partial charge in [0.25, 0.3) is 16.6 Å². The van der Waals surface area contributed by atoms with Crippen LogP contribution in [0.4, 0.5) is 0 Å². The molecule has 6 heteroatoms. The molecule has 1 aromatic rings. The summed E-state index contributed by atoms with van der Waals surface area (Å²) in [5.41, 5.74) is 1.24. The van der Waals surface area contributed by atoms with Crippen LogP contribution < -0.4 is 8.85 Å². The summed E-state index contributed by atoms with van der Waals surface area (Å²) in [4.78, 5) is 0. The molecular formula is C28H52O4Si2. The lowest BCUT2D eigenvalue weighted by Gasteiger charge is -2.39. The highest BCUT2D eigenvalue weighted by molar-refractivity contribution is 6.75. The summed E-state index contributed by atoms with van der Waals surface area (Å²) < 4.78 is 19.4. The Labute approximate surface area is 212 Å². The molecule has 0 saturated carbocycles. The number of hydrogen-bond acceptors (Lipinski definition) is 4. The molecule has 0 aliphatic heterocycles. The Bertz CT molecular complexity index is 776. The second-order valence-electron chi connectivity index (χ2n) is 12.7. The highest BCUT2D eigenvalue weighted by atomic mass is 28.4. The van der Waals surface area contributed by atoms with Crippen molar-refractivity contribution in [2.45, 2.75) is 123 Å².